The maximum absolute atomic E-state index is 10.6. The first kappa shape index (κ1) is 21.8. The molecule has 0 N–H and O–H groups in total. The Kier molecular flexibility index (Phi) is 9.87. The van der Waals surface area contributed by atoms with E-state index in [0.717, 1.165) is 5.56 Å². The maximum atomic E-state index is 10.6. The standard InChI is InChI=1S/2C7H6O2.C7H5O.Al/c2*8-7(9)6-4-2-1-3-5-6;8-6-7-4-2-1-3-5-7;/h2*1-5H,(H,8,9);1-5H;/q;;;+2/p-2. The monoisotopic (exact) mass is 374 g/mol. The van der Waals surface area contributed by atoms with E-state index in [1.165, 1.54) is 24.3 Å². The third-order valence-electron chi connectivity index (χ3n) is 3.08. The molecule has 0 unspecified atom stereocenters. The Morgan fingerprint density at radius 2 is 0.778 bits per heavy atom. The molecule has 132 valence electrons. The molecule has 3 rings (SSSR count). The van der Waals surface area contributed by atoms with Crippen LogP contribution in [0.15, 0.2) is 91.0 Å². The van der Waals surface area contributed by atoms with E-state index in [1.54, 1.807) is 48.5 Å². The van der Waals surface area contributed by atoms with Crippen LogP contribution < -0.4 is 10.2 Å². The molecule has 0 saturated carbocycles. The Morgan fingerprint density at radius 1 is 0.519 bits per heavy atom. The van der Waals surface area contributed by atoms with Crippen LogP contribution in [0.25, 0.3) is 0 Å². The van der Waals surface area contributed by atoms with Gasteiger partial charge in [-0.3, -0.25) is 0 Å². The van der Waals surface area contributed by atoms with Gasteiger partial charge in [0.1, 0.15) is 0 Å². The van der Waals surface area contributed by atoms with Crippen LogP contribution in [-0.2, 0) is 0 Å². The van der Waals surface area contributed by atoms with Crippen molar-refractivity contribution in [2.45, 2.75) is 0 Å². The number of rotatable bonds is 3. The second-order valence-electron chi connectivity index (χ2n) is 5.04. The van der Waals surface area contributed by atoms with Crippen molar-refractivity contribution in [3.05, 3.63) is 108 Å². The van der Waals surface area contributed by atoms with Crippen LogP contribution in [0, 0.1) is 0 Å². The summed E-state index contributed by atoms with van der Waals surface area (Å²) in [6.45, 7) is 0. The predicted octanol–water partition coefficient (Wildman–Crippen LogP) is 1.10. The average molecular weight is 374 g/mol. The topological polar surface area (TPSA) is 97.3 Å². The summed E-state index contributed by atoms with van der Waals surface area (Å²) in [6, 6.07) is 25.3. The van der Waals surface area contributed by atoms with Gasteiger partial charge in [-0.1, -0.05) is 60.7 Å². The Bertz CT molecular complexity index is 732. The zero-order chi connectivity index (χ0) is 20.1. The Hall–Kier alpha value is -3.20. The minimum atomic E-state index is -1.13. The molecule has 0 aliphatic heterocycles. The molecule has 0 spiro atoms. The van der Waals surface area contributed by atoms with Gasteiger partial charge in [-0.15, -0.1) is 0 Å². The molecular formula is C21H15AlO5. The minimum absolute atomic E-state index is 0.0376. The number of carbonyl (C=O) groups is 3. The number of carboxylic acid groups (broad SMARTS) is 2. The van der Waals surface area contributed by atoms with Crippen LogP contribution in [-0.4, -0.2) is 32.9 Å². The molecule has 0 aliphatic rings. The van der Waals surface area contributed by atoms with Crippen molar-refractivity contribution < 1.29 is 24.6 Å². The first-order valence-electron chi connectivity index (χ1n) is 7.79. The molecule has 0 aliphatic carbocycles. The second-order valence-corrected chi connectivity index (χ2v) is 5.56. The third kappa shape index (κ3) is 9.17. The van der Waals surface area contributed by atoms with Gasteiger partial charge in [0, 0.05) is 0 Å². The van der Waals surface area contributed by atoms with Crippen molar-refractivity contribution in [3.8, 4) is 0 Å². The van der Waals surface area contributed by atoms with E-state index < -0.39 is 11.9 Å². The summed E-state index contributed by atoms with van der Waals surface area (Å²) in [7, 11) is 0. The fourth-order valence-corrected chi connectivity index (χ4v) is 1.94. The summed E-state index contributed by atoms with van der Waals surface area (Å²) < 4.78 is 0.0376. The van der Waals surface area contributed by atoms with Crippen LogP contribution in [0.4, 0.5) is 0 Å². The normalized spacial score (nSPS) is 8.96. The molecule has 27 heavy (non-hydrogen) atoms. The second kappa shape index (κ2) is 12.2. The van der Waals surface area contributed by atoms with Gasteiger partial charge in [-0.25, -0.2) is 0 Å². The molecule has 0 fully saturated rings. The Morgan fingerprint density at radius 3 is 0.926 bits per heavy atom. The van der Waals surface area contributed by atoms with Crippen molar-refractivity contribution in [3.63, 3.8) is 0 Å². The summed E-state index contributed by atoms with van der Waals surface area (Å²) in [6.07, 6.45) is 0. The summed E-state index contributed by atoms with van der Waals surface area (Å²) in [5.74, 6) is -2.26. The molecule has 0 atom stereocenters. The van der Waals surface area contributed by atoms with Crippen LogP contribution in [0.2, 0.25) is 0 Å². The molecule has 0 bridgehead atoms. The quantitative estimate of drug-likeness (QED) is 0.640. The molecule has 0 heterocycles. The van der Waals surface area contributed by atoms with Crippen LogP contribution >= 0.6 is 0 Å². The molecule has 3 aromatic rings. The fraction of sp³-hybridized carbons (Fsp3) is 0. The fourth-order valence-electron chi connectivity index (χ4n) is 1.75. The predicted molar refractivity (Wildman–Crippen MR) is 98.1 cm³/mol. The first-order chi connectivity index (χ1) is 12.9. The summed E-state index contributed by atoms with van der Waals surface area (Å²) in [5.41, 5.74) is 1.18. The molecule has 5 nitrogen and oxygen atoms in total. The third-order valence-corrected chi connectivity index (χ3v) is 3.41. The number of carbonyl (C=O) groups excluding carboxylic acids is 3. The van der Waals surface area contributed by atoms with Gasteiger partial charge in [0.15, 0.2) is 0 Å². The van der Waals surface area contributed by atoms with E-state index in [0.29, 0.717) is 0 Å². The summed E-state index contributed by atoms with van der Waals surface area (Å²) in [5, 5.41) is 20.2. The van der Waals surface area contributed by atoms with Gasteiger partial charge < -0.3 is 19.8 Å². The van der Waals surface area contributed by atoms with Crippen molar-refractivity contribution >= 4 is 32.9 Å². The van der Waals surface area contributed by atoms with E-state index >= 15 is 0 Å². The summed E-state index contributed by atoms with van der Waals surface area (Å²) >= 11 is 2.13. The number of hydrogen-bond acceptors (Lipinski definition) is 5. The first-order valence-corrected chi connectivity index (χ1v) is 8.37. The molecule has 0 radical (unpaired) electrons. The zero-order valence-electron chi connectivity index (χ0n) is 14.3. The molecular weight excluding hydrogens is 359 g/mol. The number of aromatic carboxylic acids is 2. The van der Waals surface area contributed by atoms with Crippen LogP contribution in [0.1, 0.15) is 31.1 Å². The Balaban J connectivity index is 0.000000202. The van der Waals surface area contributed by atoms with Gasteiger partial charge in [0.05, 0.1) is 11.9 Å². The van der Waals surface area contributed by atoms with E-state index in [-0.39, 0.29) is 15.8 Å². The molecule has 0 aromatic heterocycles. The van der Waals surface area contributed by atoms with Gasteiger partial charge in [-0.2, -0.15) is 0 Å². The van der Waals surface area contributed by atoms with Gasteiger partial charge in [-0.05, 0) is 11.1 Å². The number of benzene rings is 3. The molecule has 6 heteroatoms. The molecule has 0 amide bonds. The average Bonchev–Trinajstić information content (AvgIpc) is 2.71. The van der Waals surface area contributed by atoms with Crippen molar-refractivity contribution in [2.75, 3.05) is 0 Å². The molecule has 3 aromatic carbocycles. The summed E-state index contributed by atoms with van der Waals surface area (Å²) in [4.78, 5) is 30.8. The number of carboxylic acids is 2. The van der Waals surface area contributed by atoms with Gasteiger partial charge in [0.25, 0.3) is 0 Å². The van der Waals surface area contributed by atoms with Gasteiger partial charge >= 0.3 is 61.6 Å². The van der Waals surface area contributed by atoms with Crippen LogP contribution in [0.3, 0.4) is 0 Å². The van der Waals surface area contributed by atoms with Crippen LogP contribution in [0.5, 0.6) is 0 Å². The van der Waals surface area contributed by atoms with E-state index in [1.807, 2.05) is 18.2 Å². The van der Waals surface area contributed by atoms with E-state index in [2.05, 4.69) is 16.3 Å². The van der Waals surface area contributed by atoms with E-state index in [9.17, 15) is 24.6 Å². The van der Waals surface area contributed by atoms with E-state index in [4.69, 9.17) is 0 Å². The van der Waals surface area contributed by atoms with Gasteiger partial charge in [0.2, 0.25) is 0 Å². The number of hydrogen-bond donors (Lipinski definition) is 0. The zero-order valence-corrected chi connectivity index (χ0v) is 15.4. The van der Waals surface area contributed by atoms with Crippen molar-refractivity contribution in [1.29, 1.82) is 0 Å². The van der Waals surface area contributed by atoms with Crippen molar-refractivity contribution in [2.24, 2.45) is 0 Å². The van der Waals surface area contributed by atoms with Crippen molar-refractivity contribution in [1.82, 2.24) is 0 Å². The molecule has 0 saturated heterocycles. The Labute approximate surface area is 165 Å². The SMILES string of the molecule is O=C([O-])c1ccccc1.O=C([O-])c1ccccc1.O=[C]([Al+2])c1ccccc1.